The summed E-state index contributed by atoms with van der Waals surface area (Å²) in [4.78, 5) is 3.14. The van der Waals surface area contributed by atoms with Gasteiger partial charge in [-0.25, -0.2) is 4.57 Å². The average Bonchev–Trinajstić information content (AvgIpc) is 3.21. The topological polar surface area (TPSA) is 98.9 Å². The number of fused-ring (bicyclic) bond motifs is 4. The first kappa shape index (κ1) is 22.0. The van der Waals surface area contributed by atoms with Crippen molar-refractivity contribution < 1.29 is 27.2 Å². The average molecular weight is 484 g/mol. The van der Waals surface area contributed by atoms with Crippen LogP contribution in [0.3, 0.4) is 0 Å². The lowest BCUT2D eigenvalue weighted by Gasteiger charge is -2.28. The number of hydrogen-bond donors (Lipinski definition) is 2. The predicted molar refractivity (Wildman–Crippen MR) is 127 cm³/mol. The van der Waals surface area contributed by atoms with Gasteiger partial charge in [0.25, 0.3) is 0 Å². The monoisotopic (exact) mass is 484 g/mol. The summed E-state index contributed by atoms with van der Waals surface area (Å²) in [6, 6.07) is 21.9. The molecule has 170 valence electrons. The van der Waals surface area contributed by atoms with Crippen LogP contribution in [0, 0.1) is 0 Å². The van der Waals surface area contributed by atoms with Crippen molar-refractivity contribution in [1.82, 2.24) is 10.1 Å². The lowest BCUT2D eigenvalue weighted by molar-refractivity contribution is 0.260. The van der Waals surface area contributed by atoms with Gasteiger partial charge in [0.1, 0.15) is 17.3 Å². The van der Waals surface area contributed by atoms with E-state index in [1.165, 1.54) is 14.2 Å². The van der Waals surface area contributed by atoms with E-state index in [2.05, 4.69) is 10.1 Å². The fraction of sp³-hybridized carbons (Fsp3) is 0.130. The summed E-state index contributed by atoms with van der Waals surface area (Å²) in [5.74, 6) is -0.395. The molecular formula is C23H22N2O6P2. The van der Waals surface area contributed by atoms with Gasteiger partial charge in [-0.2, -0.15) is 5.09 Å². The lowest BCUT2D eigenvalue weighted by Crippen LogP contribution is -2.24. The van der Waals surface area contributed by atoms with Crippen molar-refractivity contribution in [2.75, 3.05) is 14.2 Å². The molecule has 0 aliphatic carbocycles. The number of para-hydroxylation sites is 3. The van der Waals surface area contributed by atoms with Gasteiger partial charge in [-0.15, -0.1) is 0 Å². The van der Waals surface area contributed by atoms with Crippen molar-refractivity contribution in [1.29, 1.82) is 0 Å². The summed E-state index contributed by atoms with van der Waals surface area (Å²) < 4.78 is 50.2. The molecule has 4 aromatic rings. The van der Waals surface area contributed by atoms with Gasteiger partial charge in [0.2, 0.25) is 0 Å². The number of rotatable bonds is 6. The third kappa shape index (κ3) is 3.90. The highest BCUT2D eigenvalue weighted by Gasteiger charge is 2.45. The molecule has 10 heteroatoms. The van der Waals surface area contributed by atoms with E-state index in [1.807, 2.05) is 48.5 Å². The second kappa shape index (κ2) is 8.49. The molecule has 5 rings (SSSR count). The number of hydrogen-bond acceptors (Lipinski definition) is 6. The van der Waals surface area contributed by atoms with E-state index >= 15 is 0 Å². The summed E-state index contributed by atoms with van der Waals surface area (Å²) in [5, 5.41) is 3.64. The number of benzene rings is 3. The fourth-order valence-electron chi connectivity index (χ4n) is 3.93. The third-order valence-electron chi connectivity index (χ3n) is 5.52. The Balaban J connectivity index is 1.64. The van der Waals surface area contributed by atoms with Crippen LogP contribution < -0.4 is 14.1 Å². The van der Waals surface area contributed by atoms with Crippen molar-refractivity contribution >= 4 is 26.2 Å². The minimum Gasteiger partial charge on any atom is -0.404 e. The minimum absolute atomic E-state index is 0.376. The van der Waals surface area contributed by atoms with Crippen LogP contribution in [0.15, 0.2) is 79.0 Å². The molecule has 3 aromatic carbocycles. The first-order valence-corrected chi connectivity index (χ1v) is 13.3. The quantitative estimate of drug-likeness (QED) is 0.302. The van der Waals surface area contributed by atoms with E-state index in [-0.39, 0.29) is 0 Å². The normalized spacial score (nSPS) is 15.6. The third-order valence-corrected chi connectivity index (χ3v) is 9.23. The molecule has 0 saturated carbocycles. The molecular weight excluding hydrogens is 462 g/mol. The van der Waals surface area contributed by atoms with Crippen molar-refractivity contribution in [2.45, 2.75) is 5.78 Å². The number of aromatic amines is 1. The summed E-state index contributed by atoms with van der Waals surface area (Å²) in [5.41, 5.74) is 2.83. The molecule has 0 fully saturated rings. The molecule has 0 radical (unpaired) electrons. The Labute approximate surface area is 191 Å². The Bertz CT molecular complexity index is 1360. The van der Waals surface area contributed by atoms with Gasteiger partial charge in [-0.05, 0) is 18.2 Å². The smallest absolute Gasteiger partial charge is 0.404 e. The number of nitrogens with one attached hydrogen (secondary N) is 2. The van der Waals surface area contributed by atoms with E-state index < -0.39 is 21.1 Å². The standard InChI is InChI=1S/C23H22N2O6P2/c1-28-32(26,29-2)23(19-15-24-20-12-6-3-9-16(19)20)25-33(27)30-21-13-7-4-10-17(21)18-11-5-8-14-22(18)31-33/h3-15,23-24H,1-2H3,(H,25,27). The van der Waals surface area contributed by atoms with Crippen LogP contribution in [-0.4, -0.2) is 19.2 Å². The summed E-state index contributed by atoms with van der Waals surface area (Å²) in [6.45, 7) is 0. The van der Waals surface area contributed by atoms with E-state index in [0.29, 0.717) is 17.1 Å². The Morgan fingerprint density at radius 2 is 1.42 bits per heavy atom. The van der Waals surface area contributed by atoms with Gasteiger partial charge in [0, 0.05) is 48.0 Å². The SMILES string of the molecule is COP(=O)(OC)C(NP1(=O)Oc2ccccc2-c2ccccc2O1)c1c[nH]c2ccccc12. The van der Waals surface area contributed by atoms with Crippen LogP contribution >= 0.6 is 15.3 Å². The van der Waals surface area contributed by atoms with Crippen LogP contribution in [0.25, 0.3) is 22.0 Å². The summed E-state index contributed by atoms with van der Waals surface area (Å²) in [6.07, 6.45) is 1.68. The van der Waals surface area contributed by atoms with Crippen LogP contribution in [0.1, 0.15) is 11.3 Å². The predicted octanol–water partition coefficient (Wildman–Crippen LogP) is 6.49. The van der Waals surface area contributed by atoms with Crippen LogP contribution in [0.4, 0.5) is 0 Å². The Kier molecular flexibility index (Phi) is 5.65. The molecule has 1 aromatic heterocycles. The maximum Gasteiger partial charge on any atom is 0.514 e. The highest BCUT2D eigenvalue weighted by atomic mass is 31.2. The Hall–Kier alpha value is -2.86. The highest BCUT2D eigenvalue weighted by Crippen LogP contribution is 2.64. The Morgan fingerprint density at radius 1 is 0.879 bits per heavy atom. The molecule has 2 heterocycles. The summed E-state index contributed by atoms with van der Waals surface area (Å²) >= 11 is 0. The van der Waals surface area contributed by atoms with E-state index in [4.69, 9.17) is 18.1 Å². The molecule has 0 spiro atoms. The van der Waals surface area contributed by atoms with E-state index in [1.54, 1.807) is 30.5 Å². The minimum atomic E-state index is -4.12. The zero-order chi connectivity index (χ0) is 23.1. The highest BCUT2D eigenvalue weighted by molar-refractivity contribution is 7.57. The maximum atomic E-state index is 14.1. The van der Waals surface area contributed by atoms with Crippen LogP contribution in [-0.2, 0) is 18.2 Å². The Morgan fingerprint density at radius 3 is 2.03 bits per heavy atom. The molecule has 1 unspecified atom stereocenters. The first-order valence-electron chi connectivity index (χ1n) is 10.2. The maximum absolute atomic E-state index is 14.1. The molecule has 0 bridgehead atoms. The zero-order valence-electron chi connectivity index (χ0n) is 17.9. The molecule has 0 amide bonds. The van der Waals surface area contributed by atoms with Gasteiger partial charge in [0.15, 0.2) is 0 Å². The molecule has 2 N–H and O–H groups in total. The molecule has 1 aliphatic rings. The molecule has 33 heavy (non-hydrogen) atoms. The summed E-state index contributed by atoms with van der Waals surface area (Å²) in [7, 11) is -5.39. The largest absolute Gasteiger partial charge is 0.514 e. The molecule has 0 saturated heterocycles. The van der Waals surface area contributed by atoms with Crippen molar-refractivity contribution in [2.24, 2.45) is 0 Å². The van der Waals surface area contributed by atoms with Gasteiger partial charge in [-0.3, -0.25) is 4.57 Å². The molecule has 8 nitrogen and oxygen atoms in total. The molecule has 1 aliphatic heterocycles. The van der Waals surface area contributed by atoms with Crippen molar-refractivity contribution in [3.63, 3.8) is 0 Å². The van der Waals surface area contributed by atoms with Crippen LogP contribution in [0.5, 0.6) is 11.5 Å². The van der Waals surface area contributed by atoms with Crippen LogP contribution in [0.2, 0.25) is 0 Å². The first-order chi connectivity index (χ1) is 16.0. The fourth-order valence-corrected chi connectivity index (χ4v) is 7.47. The molecule has 1 atom stereocenters. The van der Waals surface area contributed by atoms with Gasteiger partial charge < -0.3 is 23.1 Å². The van der Waals surface area contributed by atoms with E-state index in [0.717, 1.165) is 22.0 Å². The second-order valence-corrected chi connectivity index (χ2v) is 11.3. The second-order valence-electron chi connectivity index (χ2n) is 7.40. The zero-order valence-corrected chi connectivity index (χ0v) is 19.7. The lowest BCUT2D eigenvalue weighted by atomic mass is 10.0. The number of H-pyrrole nitrogens is 1. The van der Waals surface area contributed by atoms with Crippen molar-refractivity contribution in [3.8, 4) is 22.6 Å². The van der Waals surface area contributed by atoms with Crippen molar-refractivity contribution in [3.05, 3.63) is 84.6 Å². The van der Waals surface area contributed by atoms with Gasteiger partial charge >= 0.3 is 15.3 Å². The van der Waals surface area contributed by atoms with E-state index in [9.17, 15) is 9.13 Å². The van der Waals surface area contributed by atoms with Gasteiger partial charge in [-0.1, -0.05) is 54.6 Å². The van der Waals surface area contributed by atoms with Gasteiger partial charge in [0.05, 0.1) is 0 Å². The number of aromatic nitrogens is 1.